The molecule has 6 heteroatoms. The Morgan fingerprint density at radius 1 is 1.36 bits per heavy atom. The second kappa shape index (κ2) is 8.05. The van der Waals surface area contributed by atoms with Gasteiger partial charge in [0.15, 0.2) is 0 Å². The zero-order valence-corrected chi connectivity index (χ0v) is 15.9. The molecule has 0 aliphatic heterocycles. The lowest BCUT2D eigenvalue weighted by Crippen LogP contribution is -2.06. The SMILES string of the molecule is C=C(S/C=C\C)c1c2c(nc3sc(NO)c(C#N)c13)CCCCCC2. The molecule has 1 aliphatic carbocycles. The molecule has 0 atom stereocenters. The van der Waals surface area contributed by atoms with Gasteiger partial charge in [0.1, 0.15) is 15.9 Å². The molecule has 2 aromatic rings. The summed E-state index contributed by atoms with van der Waals surface area (Å²) in [7, 11) is 0. The highest BCUT2D eigenvalue weighted by Crippen LogP contribution is 2.44. The first-order valence-corrected chi connectivity index (χ1v) is 10.2. The number of hydrogen-bond donors (Lipinski definition) is 2. The molecule has 0 unspecified atom stereocenters. The van der Waals surface area contributed by atoms with Gasteiger partial charge in [-0.1, -0.05) is 48.6 Å². The molecule has 2 aromatic heterocycles. The number of thiophene rings is 1. The normalized spacial score (nSPS) is 14.8. The number of rotatable bonds is 4. The molecular formula is C19H21N3OS2. The van der Waals surface area contributed by atoms with E-state index in [-0.39, 0.29) is 0 Å². The Hall–Kier alpha value is -1.81. The first kappa shape index (κ1) is 18.0. The van der Waals surface area contributed by atoms with Gasteiger partial charge >= 0.3 is 0 Å². The fourth-order valence-corrected chi connectivity index (χ4v) is 4.94. The second-order valence-corrected chi connectivity index (χ2v) is 8.05. The molecule has 0 radical (unpaired) electrons. The van der Waals surface area contributed by atoms with E-state index in [4.69, 9.17) is 4.98 Å². The van der Waals surface area contributed by atoms with Crippen LogP contribution in [0.3, 0.4) is 0 Å². The van der Waals surface area contributed by atoms with Crippen molar-refractivity contribution < 1.29 is 5.21 Å². The molecule has 0 saturated carbocycles. The first-order valence-electron chi connectivity index (χ1n) is 8.46. The zero-order chi connectivity index (χ0) is 17.8. The Kier molecular flexibility index (Phi) is 5.79. The number of fused-ring (bicyclic) bond motifs is 2. The summed E-state index contributed by atoms with van der Waals surface area (Å²) < 4.78 is 0. The van der Waals surface area contributed by atoms with E-state index < -0.39 is 0 Å². The van der Waals surface area contributed by atoms with Crippen LogP contribution in [0.5, 0.6) is 0 Å². The van der Waals surface area contributed by atoms with E-state index in [0.717, 1.165) is 52.1 Å². The van der Waals surface area contributed by atoms with Gasteiger partial charge in [0.25, 0.3) is 0 Å². The maximum Gasteiger partial charge on any atom is 0.133 e. The number of nitriles is 1. The van der Waals surface area contributed by atoms with Crippen molar-refractivity contribution in [3.05, 3.63) is 40.4 Å². The van der Waals surface area contributed by atoms with Gasteiger partial charge < -0.3 is 0 Å². The van der Waals surface area contributed by atoms with Crippen molar-refractivity contribution >= 4 is 43.2 Å². The Morgan fingerprint density at radius 3 is 2.80 bits per heavy atom. The third kappa shape index (κ3) is 3.45. The predicted octanol–water partition coefficient (Wildman–Crippen LogP) is 5.87. The molecule has 130 valence electrons. The molecule has 25 heavy (non-hydrogen) atoms. The van der Waals surface area contributed by atoms with Gasteiger partial charge in [-0.2, -0.15) is 5.26 Å². The van der Waals surface area contributed by atoms with Crippen LogP contribution in [-0.4, -0.2) is 10.2 Å². The molecule has 0 aromatic carbocycles. The number of hydrogen-bond acceptors (Lipinski definition) is 6. The molecule has 2 heterocycles. The van der Waals surface area contributed by atoms with Gasteiger partial charge in [-0.15, -0.1) is 0 Å². The van der Waals surface area contributed by atoms with Crippen LogP contribution in [0.1, 0.15) is 55.0 Å². The van der Waals surface area contributed by atoms with Crippen LogP contribution in [0.25, 0.3) is 15.1 Å². The molecule has 2 N–H and O–H groups in total. The standard InChI is InChI=1S/C19H21N3OS2/c1-3-10-24-12(2)16-13-8-6-4-5-7-9-15(13)21-19-17(16)14(11-20)18(22-23)25-19/h3,10,22-23H,2,4-9H2,1H3/b10-3-. The number of aromatic nitrogens is 1. The first-order chi connectivity index (χ1) is 12.2. The number of nitrogens with one attached hydrogen (secondary N) is 1. The van der Waals surface area contributed by atoms with Gasteiger partial charge in [0.05, 0.1) is 5.56 Å². The largest absolute Gasteiger partial charge is 0.290 e. The fraction of sp³-hybridized carbons (Fsp3) is 0.368. The minimum atomic E-state index is 0.452. The maximum atomic E-state index is 9.65. The van der Waals surface area contributed by atoms with E-state index in [9.17, 15) is 10.5 Å². The minimum Gasteiger partial charge on any atom is -0.290 e. The van der Waals surface area contributed by atoms with Gasteiger partial charge in [0.2, 0.25) is 0 Å². The lowest BCUT2D eigenvalue weighted by atomic mass is 9.91. The Labute approximate surface area is 156 Å². The quantitative estimate of drug-likeness (QED) is 0.658. The van der Waals surface area contributed by atoms with E-state index in [1.807, 2.05) is 18.4 Å². The van der Waals surface area contributed by atoms with Crippen molar-refractivity contribution in [3.63, 3.8) is 0 Å². The van der Waals surface area contributed by atoms with E-state index in [1.165, 1.54) is 29.7 Å². The molecule has 0 fully saturated rings. The summed E-state index contributed by atoms with van der Waals surface area (Å²) in [5.74, 6) is 0. The predicted molar refractivity (Wildman–Crippen MR) is 107 cm³/mol. The zero-order valence-electron chi connectivity index (χ0n) is 14.3. The molecule has 1 aliphatic rings. The molecular weight excluding hydrogens is 350 g/mol. The molecule has 0 saturated heterocycles. The summed E-state index contributed by atoms with van der Waals surface area (Å²) in [6.45, 7) is 6.26. The Balaban J connectivity index is 2.32. The summed E-state index contributed by atoms with van der Waals surface area (Å²) in [5.41, 5.74) is 6.02. The monoisotopic (exact) mass is 371 g/mol. The van der Waals surface area contributed by atoms with E-state index in [1.54, 1.807) is 11.8 Å². The highest BCUT2D eigenvalue weighted by atomic mass is 32.2. The molecule has 3 rings (SSSR count). The van der Waals surface area contributed by atoms with Crippen molar-refractivity contribution in [2.45, 2.75) is 45.4 Å². The Morgan fingerprint density at radius 2 is 2.12 bits per heavy atom. The van der Waals surface area contributed by atoms with Crippen LogP contribution < -0.4 is 5.48 Å². The van der Waals surface area contributed by atoms with Gasteiger partial charge in [-0.3, -0.25) is 10.7 Å². The number of pyridine rings is 1. The number of aryl methyl sites for hydroxylation is 1. The van der Waals surface area contributed by atoms with Crippen molar-refractivity contribution in [2.24, 2.45) is 0 Å². The third-order valence-electron chi connectivity index (χ3n) is 4.46. The summed E-state index contributed by atoms with van der Waals surface area (Å²) >= 11 is 2.90. The molecule has 4 nitrogen and oxygen atoms in total. The van der Waals surface area contributed by atoms with E-state index >= 15 is 0 Å². The van der Waals surface area contributed by atoms with Crippen LogP contribution in [0.2, 0.25) is 0 Å². The maximum absolute atomic E-state index is 9.65. The number of thioether (sulfide) groups is 1. The van der Waals surface area contributed by atoms with Crippen LogP contribution in [0, 0.1) is 11.3 Å². The third-order valence-corrected chi connectivity index (χ3v) is 6.34. The lowest BCUT2D eigenvalue weighted by molar-refractivity contribution is 0.391. The van der Waals surface area contributed by atoms with Gasteiger partial charge in [-0.05, 0) is 43.6 Å². The van der Waals surface area contributed by atoms with Crippen LogP contribution in [-0.2, 0) is 12.8 Å². The number of allylic oxidation sites excluding steroid dienone is 1. The average molecular weight is 372 g/mol. The molecule has 0 amide bonds. The lowest BCUT2D eigenvalue weighted by Gasteiger charge is -2.19. The van der Waals surface area contributed by atoms with Crippen molar-refractivity contribution in [3.8, 4) is 6.07 Å². The van der Waals surface area contributed by atoms with E-state index in [2.05, 4.69) is 18.1 Å². The summed E-state index contributed by atoms with van der Waals surface area (Å²) in [4.78, 5) is 6.59. The smallest absolute Gasteiger partial charge is 0.133 e. The van der Waals surface area contributed by atoms with Gasteiger partial charge in [-0.25, -0.2) is 4.98 Å². The summed E-state index contributed by atoms with van der Waals surface area (Å²) in [6.07, 6.45) is 8.64. The van der Waals surface area contributed by atoms with E-state index in [0.29, 0.717) is 10.6 Å². The molecule has 0 bridgehead atoms. The highest BCUT2D eigenvalue weighted by Gasteiger charge is 2.24. The average Bonchev–Trinajstić information content (AvgIpc) is 2.96. The van der Waals surface area contributed by atoms with Gasteiger partial charge in [0, 0.05) is 21.5 Å². The van der Waals surface area contributed by atoms with Crippen molar-refractivity contribution in [1.29, 1.82) is 5.26 Å². The van der Waals surface area contributed by atoms with Crippen LogP contribution in [0.4, 0.5) is 5.00 Å². The second-order valence-electron chi connectivity index (χ2n) is 6.05. The fourth-order valence-electron chi connectivity index (χ4n) is 3.34. The summed E-state index contributed by atoms with van der Waals surface area (Å²) in [6, 6.07) is 2.24. The minimum absolute atomic E-state index is 0.452. The molecule has 0 spiro atoms. The topological polar surface area (TPSA) is 68.9 Å². The number of nitrogens with zero attached hydrogens (tertiary/aromatic N) is 2. The van der Waals surface area contributed by atoms with Crippen molar-refractivity contribution in [1.82, 2.24) is 4.98 Å². The number of anilines is 1. The van der Waals surface area contributed by atoms with Crippen LogP contribution >= 0.6 is 23.1 Å². The van der Waals surface area contributed by atoms with Crippen molar-refractivity contribution in [2.75, 3.05) is 5.48 Å². The Bertz CT molecular complexity index is 877. The van der Waals surface area contributed by atoms with Crippen LogP contribution in [0.15, 0.2) is 18.1 Å². The highest BCUT2D eigenvalue weighted by molar-refractivity contribution is 8.10. The summed E-state index contributed by atoms with van der Waals surface area (Å²) in [5, 5.41) is 22.4.